The third-order valence-electron chi connectivity index (χ3n) is 3.95. The maximum atomic E-state index is 6.08. The van der Waals surface area contributed by atoms with E-state index in [0.29, 0.717) is 18.3 Å². The first kappa shape index (κ1) is 21.7. The molecule has 5 heteroatoms. The molecular weight excluding hydrogens is 302 g/mol. The predicted octanol–water partition coefficient (Wildman–Crippen LogP) is 3.75. The molecule has 0 radical (unpaired) electrons. The lowest BCUT2D eigenvalue weighted by Gasteiger charge is -2.16. The Bertz CT molecular complexity index is 556. The summed E-state index contributed by atoms with van der Waals surface area (Å²) in [6.45, 7) is 4.87. The van der Waals surface area contributed by atoms with Gasteiger partial charge in [-0.1, -0.05) is 21.3 Å². The number of hydrogen-bond donors (Lipinski definition) is 3. The van der Waals surface area contributed by atoms with Gasteiger partial charge in [0.05, 0.1) is 20.0 Å². The molecule has 24 heavy (non-hydrogen) atoms. The molecular formula is C19H35N3O2. The second-order valence-electron chi connectivity index (χ2n) is 5.31. The van der Waals surface area contributed by atoms with Crippen molar-refractivity contribution in [3.05, 3.63) is 47.4 Å². The van der Waals surface area contributed by atoms with E-state index in [9.17, 15) is 0 Å². The summed E-state index contributed by atoms with van der Waals surface area (Å²) in [6.07, 6.45) is 5.62. The Labute approximate surface area is 148 Å². The first-order valence-corrected chi connectivity index (χ1v) is 7.93. The molecule has 0 aromatic heterocycles. The molecule has 1 aromatic carbocycles. The van der Waals surface area contributed by atoms with E-state index >= 15 is 0 Å². The monoisotopic (exact) mass is 337 g/mol. The van der Waals surface area contributed by atoms with E-state index < -0.39 is 0 Å². The van der Waals surface area contributed by atoms with Crippen molar-refractivity contribution in [3.8, 4) is 11.5 Å². The van der Waals surface area contributed by atoms with Crippen LogP contribution in [0.3, 0.4) is 0 Å². The minimum atomic E-state index is 0. The van der Waals surface area contributed by atoms with E-state index in [4.69, 9.17) is 20.9 Å². The Kier molecular flexibility index (Phi) is 10.2. The van der Waals surface area contributed by atoms with Crippen molar-refractivity contribution in [2.45, 2.75) is 40.7 Å². The molecule has 0 aliphatic carbocycles. The summed E-state index contributed by atoms with van der Waals surface area (Å²) in [7, 11) is 3.27. The smallest absolute Gasteiger partial charge is 0.127 e. The summed E-state index contributed by atoms with van der Waals surface area (Å²) in [5, 5.41) is 3.20. The van der Waals surface area contributed by atoms with Crippen molar-refractivity contribution in [2.24, 2.45) is 17.4 Å². The Morgan fingerprint density at radius 3 is 2.42 bits per heavy atom. The summed E-state index contributed by atoms with van der Waals surface area (Å²) in [5.41, 5.74) is 13.9. The summed E-state index contributed by atoms with van der Waals surface area (Å²) in [4.78, 5) is 0. The number of hydrogen-bond acceptors (Lipinski definition) is 5. The summed E-state index contributed by atoms with van der Waals surface area (Å²) in [5.74, 6) is 2.54. The summed E-state index contributed by atoms with van der Waals surface area (Å²) >= 11 is 0. The van der Waals surface area contributed by atoms with Gasteiger partial charge < -0.3 is 26.3 Å². The molecule has 0 amide bonds. The van der Waals surface area contributed by atoms with Gasteiger partial charge in [0.2, 0.25) is 0 Å². The minimum absolute atomic E-state index is 0. The average Bonchev–Trinajstić information content (AvgIpc) is 2.59. The van der Waals surface area contributed by atoms with Crippen LogP contribution in [0, 0.1) is 5.92 Å². The number of ether oxygens (including phenoxy) is 2. The van der Waals surface area contributed by atoms with Gasteiger partial charge >= 0.3 is 0 Å². The first-order chi connectivity index (χ1) is 11.1. The van der Waals surface area contributed by atoms with Crippen LogP contribution in [0.15, 0.2) is 41.9 Å². The Hall–Kier alpha value is -2.30. The molecule has 5 nitrogen and oxygen atoms in total. The van der Waals surface area contributed by atoms with E-state index in [2.05, 4.69) is 19.2 Å². The van der Waals surface area contributed by atoms with Gasteiger partial charge in [0, 0.05) is 19.6 Å². The fourth-order valence-corrected chi connectivity index (χ4v) is 2.49. The molecule has 0 aliphatic rings. The highest BCUT2D eigenvalue weighted by Gasteiger charge is 2.09. The zero-order chi connectivity index (χ0) is 17.2. The molecule has 0 bridgehead atoms. The van der Waals surface area contributed by atoms with Gasteiger partial charge in [-0.15, -0.1) is 0 Å². The van der Waals surface area contributed by atoms with Crippen molar-refractivity contribution >= 4 is 0 Å². The van der Waals surface area contributed by atoms with Crippen LogP contribution >= 0.6 is 0 Å². The number of nitrogens with two attached hydrogens (primary N) is 2. The highest BCUT2D eigenvalue weighted by molar-refractivity contribution is 5.41. The van der Waals surface area contributed by atoms with Crippen LogP contribution in [0.25, 0.3) is 0 Å². The Balaban J connectivity index is 0. The van der Waals surface area contributed by atoms with Gasteiger partial charge in [0.25, 0.3) is 0 Å². The second kappa shape index (κ2) is 11.3. The van der Waals surface area contributed by atoms with Crippen LogP contribution in [0.5, 0.6) is 11.5 Å². The van der Waals surface area contributed by atoms with Crippen molar-refractivity contribution < 1.29 is 10.9 Å². The molecule has 138 valence electrons. The normalized spacial score (nSPS) is 11.9. The number of nitrogens with one attached hydrogen (secondary N) is 1. The molecule has 0 aliphatic heterocycles. The Morgan fingerprint density at radius 2 is 1.92 bits per heavy atom. The topological polar surface area (TPSA) is 82.5 Å². The van der Waals surface area contributed by atoms with Crippen LogP contribution in [0.1, 0.15) is 41.1 Å². The van der Waals surface area contributed by atoms with Crippen molar-refractivity contribution in [1.29, 1.82) is 0 Å². The molecule has 0 fully saturated rings. The van der Waals surface area contributed by atoms with Crippen LogP contribution in [-0.2, 0) is 6.54 Å². The molecule has 0 spiro atoms. The van der Waals surface area contributed by atoms with Gasteiger partial charge in [-0.25, -0.2) is 0 Å². The SMILES string of the molecule is C.CCC(CC)C(=C/N)/C=C(\N)NCc1ccc(OC)cc1OC.[HH]. The van der Waals surface area contributed by atoms with Gasteiger partial charge in [-0.05, 0) is 48.7 Å². The first-order valence-electron chi connectivity index (χ1n) is 7.93. The quantitative estimate of drug-likeness (QED) is 0.598. The van der Waals surface area contributed by atoms with Gasteiger partial charge in [-0.2, -0.15) is 0 Å². The van der Waals surface area contributed by atoms with Crippen LogP contribution in [0.2, 0.25) is 0 Å². The van der Waals surface area contributed by atoms with Gasteiger partial charge in [-0.3, -0.25) is 0 Å². The lowest BCUT2D eigenvalue weighted by Crippen LogP contribution is -2.21. The average molecular weight is 338 g/mol. The number of benzene rings is 1. The van der Waals surface area contributed by atoms with E-state index in [0.717, 1.165) is 35.5 Å². The second-order valence-corrected chi connectivity index (χ2v) is 5.31. The fourth-order valence-electron chi connectivity index (χ4n) is 2.49. The number of allylic oxidation sites excluding steroid dienone is 2. The molecule has 5 N–H and O–H groups in total. The fraction of sp³-hybridized carbons (Fsp3) is 0.474. The highest BCUT2D eigenvalue weighted by atomic mass is 16.5. The van der Waals surface area contributed by atoms with Crippen LogP contribution < -0.4 is 26.3 Å². The predicted molar refractivity (Wildman–Crippen MR) is 104 cm³/mol. The minimum Gasteiger partial charge on any atom is -0.497 e. The van der Waals surface area contributed by atoms with E-state index in [1.807, 2.05) is 24.3 Å². The molecule has 1 rings (SSSR count). The van der Waals surface area contributed by atoms with Crippen LogP contribution in [-0.4, -0.2) is 14.2 Å². The summed E-state index contributed by atoms with van der Waals surface area (Å²) < 4.78 is 10.6. The molecule has 0 unspecified atom stereocenters. The van der Waals surface area contributed by atoms with Crippen LogP contribution in [0.4, 0.5) is 0 Å². The highest BCUT2D eigenvalue weighted by Crippen LogP contribution is 2.24. The van der Waals surface area contributed by atoms with E-state index in [1.165, 1.54) is 0 Å². The molecule has 0 heterocycles. The number of rotatable bonds is 9. The van der Waals surface area contributed by atoms with E-state index in [1.54, 1.807) is 20.4 Å². The standard InChI is InChI=1S/C18H29N3O2.CH4.H2/c1-5-13(6-2)15(11-19)9-18(20)21-12-14-7-8-16(22-3)10-17(14)23-4;;/h7-11,13,21H,5-6,12,19-20H2,1-4H3;1H4;1H/b15-11+,18-9+;;. The lowest BCUT2D eigenvalue weighted by molar-refractivity contribution is 0.390. The zero-order valence-electron chi connectivity index (χ0n) is 14.6. The van der Waals surface area contributed by atoms with Gasteiger partial charge in [0.1, 0.15) is 11.5 Å². The molecule has 1 aromatic rings. The molecule has 0 saturated heterocycles. The lowest BCUT2D eigenvalue weighted by atomic mass is 9.94. The van der Waals surface area contributed by atoms with Crippen molar-refractivity contribution in [2.75, 3.05) is 14.2 Å². The molecule has 0 atom stereocenters. The van der Waals surface area contributed by atoms with E-state index in [-0.39, 0.29) is 8.85 Å². The van der Waals surface area contributed by atoms with Crippen molar-refractivity contribution in [3.63, 3.8) is 0 Å². The maximum Gasteiger partial charge on any atom is 0.127 e. The zero-order valence-corrected chi connectivity index (χ0v) is 14.6. The van der Waals surface area contributed by atoms with Crippen molar-refractivity contribution in [1.82, 2.24) is 5.32 Å². The third-order valence-corrected chi connectivity index (χ3v) is 3.95. The third kappa shape index (κ3) is 6.07. The Morgan fingerprint density at radius 1 is 1.25 bits per heavy atom. The largest absolute Gasteiger partial charge is 0.497 e. The summed E-state index contributed by atoms with van der Waals surface area (Å²) in [6, 6.07) is 5.71. The maximum absolute atomic E-state index is 6.08. The molecule has 0 saturated carbocycles. The number of methoxy groups -OCH3 is 2. The van der Waals surface area contributed by atoms with Gasteiger partial charge in [0.15, 0.2) is 0 Å².